The predicted octanol–water partition coefficient (Wildman–Crippen LogP) is 4.07. The Labute approximate surface area is 121 Å². The van der Waals surface area contributed by atoms with Crippen LogP contribution in [0.2, 0.25) is 0 Å². The van der Waals surface area contributed by atoms with E-state index in [9.17, 15) is 9.36 Å². The van der Waals surface area contributed by atoms with Crippen LogP contribution in [0.5, 0.6) is 0 Å². The molecule has 102 valence electrons. The number of hydrogen-bond acceptors (Lipinski definition) is 2. The topological polar surface area (TPSA) is 34.1 Å². The van der Waals surface area contributed by atoms with Gasteiger partial charge in [0, 0.05) is 16.4 Å². The molecule has 0 radical (unpaired) electrons. The summed E-state index contributed by atoms with van der Waals surface area (Å²) < 4.78 is 11.3. The van der Waals surface area contributed by atoms with E-state index in [4.69, 9.17) is 0 Å². The maximum Gasteiger partial charge on any atom is 0.193 e. The highest BCUT2D eigenvalue weighted by molar-refractivity contribution is 7.34. The van der Waals surface area contributed by atoms with Crippen molar-refractivity contribution in [2.24, 2.45) is 0 Å². The zero-order valence-electron chi connectivity index (χ0n) is 12.2. The Bertz CT molecular complexity index is 659. The Morgan fingerprint density at radius 1 is 0.850 bits per heavy atom. The minimum Gasteiger partial charge on any atom is -0.289 e. The number of carbonyl (C=O) groups excluding carboxylic acids is 1. The smallest absolute Gasteiger partial charge is 0.193 e. The molecule has 0 aliphatic heterocycles. The summed E-state index contributed by atoms with van der Waals surface area (Å²) in [5, 5.41) is 0.796. The number of rotatable bonds is 3. The van der Waals surface area contributed by atoms with E-state index in [-0.39, 0.29) is 14.2 Å². The SMILES string of the molecule is Cc1c(C)c(C(=O)c2ccccc2)c(C)c(C)c1P=O. The molecule has 0 aliphatic rings. The molecule has 3 heteroatoms. The van der Waals surface area contributed by atoms with Gasteiger partial charge in [0.15, 0.2) is 14.2 Å². The van der Waals surface area contributed by atoms with Gasteiger partial charge < -0.3 is 0 Å². The van der Waals surface area contributed by atoms with Gasteiger partial charge in [-0.3, -0.25) is 9.36 Å². The second-order valence-electron chi connectivity index (χ2n) is 5.01. The average Bonchev–Trinajstić information content (AvgIpc) is 2.47. The summed E-state index contributed by atoms with van der Waals surface area (Å²) in [4.78, 5) is 12.7. The standard InChI is InChI=1S/C17H17O2P/c1-10-12(3)17(20-19)13(4)11(2)15(10)16(18)14-8-6-5-7-9-14/h5-9H,1-4H3. The second-order valence-corrected chi connectivity index (χ2v) is 5.64. The normalized spacial score (nSPS) is 10.8. The van der Waals surface area contributed by atoms with Crippen molar-refractivity contribution in [2.45, 2.75) is 27.7 Å². The molecule has 0 fully saturated rings. The Morgan fingerprint density at radius 3 is 1.80 bits per heavy atom. The molecule has 0 saturated carbocycles. The Balaban J connectivity index is 2.70. The molecule has 0 amide bonds. The molecule has 0 spiro atoms. The van der Waals surface area contributed by atoms with Crippen LogP contribution in [0.3, 0.4) is 0 Å². The number of ketones is 1. The van der Waals surface area contributed by atoms with Crippen molar-refractivity contribution < 1.29 is 9.36 Å². The van der Waals surface area contributed by atoms with E-state index >= 15 is 0 Å². The van der Waals surface area contributed by atoms with E-state index in [1.807, 2.05) is 58.0 Å². The van der Waals surface area contributed by atoms with Crippen LogP contribution in [0.25, 0.3) is 0 Å². The monoisotopic (exact) mass is 284 g/mol. The van der Waals surface area contributed by atoms with Crippen molar-refractivity contribution in [3.63, 3.8) is 0 Å². The lowest BCUT2D eigenvalue weighted by molar-refractivity contribution is 0.103. The molecular weight excluding hydrogens is 267 g/mol. The van der Waals surface area contributed by atoms with Crippen LogP contribution in [-0.2, 0) is 4.57 Å². The first-order valence-electron chi connectivity index (χ1n) is 6.52. The minimum absolute atomic E-state index is 0.0105. The van der Waals surface area contributed by atoms with Gasteiger partial charge in [-0.15, -0.1) is 0 Å². The van der Waals surface area contributed by atoms with Crippen molar-refractivity contribution in [1.82, 2.24) is 0 Å². The third-order valence-corrected chi connectivity index (χ3v) is 4.79. The van der Waals surface area contributed by atoms with Crippen molar-refractivity contribution in [2.75, 3.05) is 0 Å². The third kappa shape index (κ3) is 2.32. The summed E-state index contributed by atoms with van der Waals surface area (Å²) in [5.74, 6) is 0.0286. The molecule has 2 aromatic rings. The highest BCUT2D eigenvalue weighted by Gasteiger charge is 2.20. The molecule has 0 aromatic heterocycles. The van der Waals surface area contributed by atoms with Gasteiger partial charge >= 0.3 is 0 Å². The summed E-state index contributed by atoms with van der Waals surface area (Å²) in [7, 11) is 0.0105. The van der Waals surface area contributed by atoms with Gasteiger partial charge in [0.2, 0.25) is 0 Å². The fourth-order valence-electron chi connectivity index (χ4n) is 2.50. The zero-order valence-corrected chi connectivity index (χ0v) is 13.0. The van der Waals surface area contributed by atoms with Crippen LogP contribution in [-0.4, -0.2) is 5.78 Å². The van der Waals surface area contributed by atoms with E-state index in [2.05, 4.69) is 0 Å². The van der Waals surface area contributed by atoms with Crippen LogP contribution >= 0.6 is 8.46 Å². The first-order valence-corrected chi connectivity index (χ1v) is 7.33. The molecule has 0 aliphatic carbocycles. The van der Waals surface area contributed by atoms with Crippen molar-refractivity contribution >= 4 is 19.5 Å². The second kappa shape index (κ2) is 5.68. The molecule has 20 heavy (non-hydrogen) atoms. The first-order chi connectivity index (χ1) is 9.49. The van der Waals surface area contributed by atoms with E-state index in [1.165, 1.54) is 0 Å². The molecule has 2 aromatic carbocycles. The Kier molecular flexibility index (Phi) is 4.15. The summed E-state index contributed by atoms with van der Waals surface area (Å²) in [5.41, 5.74) is 5.12. The summed E-state index contributed by atoms with van der Waals surface area (Å²) in [6.45, 7) is 7.69. The quantitative estimate of drug-likeness (QED) is 0.629. The van der Waals surface area contributed by atoms with E-state index in [0.29, 0.717) is 5.56 Å². The summed E-state index contributed by atoms with van der Waals surface area (Å²) >= 11 is 0. The molecule has 0 heterocycles. The molecule has 0 N–H and O–H groups in total. The largest absolute Gasteiger partial charge is 0.289 e. The zero-order chi connectivity index (χ0) is 14.9. The van der Waals surface area contributed by atoms with Gasteiger partial charge in [-0.2, -0.15) is 0 Å². The lowest BCUT2D eigenvalue weighted by atomic mass is 9.89. The molecule has 0 saturated heterocycles. The van der Waals surface area contributed by atoms with Crippen LogP contribution in [0.1, 0.15) is 38.2 Å². The predicted molar refractivity (Wildman–Crippen MR) is 82.5 cm³/mol. The maximum absolute atomic E-state index is 12.7. The molecule has 2 nitrogen and oxygen atoms in total. The molecule has 0 atom stereocenters. The lowest BCUT2D eigenvalue weighted by Crippen LogP contribution is -2.16. The van der Waals surface area contributed by atoms with Crippen LogP contribution in [0.15, 0.2) is 30.3 Å². The van der Waals surface area contributed by atoms with Crippen molar-refractivity contribution in [3.05, 3.63) is 63.7 Å². The molecular formula is C17H17O2P. The number of carbonyl (C=O) groups is 1. The molecule has 0 bridgehead atoms. The molecule has 0 unspecified atom stereocenters. The lowest BCUT2D eigenvalue weighted by Gasteiger charge is -2.16. The van der Waals surface area contributed by atoms with Crippen LogP contribution in [0, 0.1) is 27.7 Å². The number of benzene rings is 2. The van der Waals surface area contributed by atoms with Crippen molar-refractivity contribution in [1.29, 1.82) is 0 Å². The van der Waals surface area contributed by atoms with Gasteiger partial charge in [0.1, 0.15) is 0 Å². The summed E-state index contributed by atoms with van der Waals surface area (Å²) in [6.07, 6.45) is 0. The van der Waals surface area contributed by atoms with Crippen molar-refractivity contribution in [3.8, 4) is 0 Å². The highest BCUT2D eigenvalue weighted by Crippen LogP contribution is 2.25. The third-order valence-electron chi connectivity index (χ3n) is 3.94. The molecule has 2 rings (SSSR count). The maximum atomic E-state index is 12.7. The summed E-state index contributed by atoms with van der Waals surface area (Å²) in [6, 6.07) is 9.27. The van der Waals surface area contributed by atoms with E-state index < -0.39 is 0 Å². The van der Waals surface area contributed by atoms with Gasteiger partial charge in [-0.25, -0.2) is 0 Å². The highest BCUT2D eigenvalue weighted by atomic mass is 31.1. The van der Waals surface area contributed by atoms with Gasteiger partial charge in [-0.1, -0.05) is 30.3 Å². The first kappa shape index (κ1) is 14.6. The fourth-order valence-corrected chi connectivity index (χ4v) is 3.11. The van der Waals surface area contributed by atoms with E-state index in [1.54, 1.807) is 0 Å². The van der Waals surface area contributed by atoms with Crippen LogP contribution in [0.4, 0.5) is 0 Å². The van der Waals surface area contributed by atoms with Gasteiger partial charge in [0.05, 0.1) is 0 Å². The fraction of sp³-hybridized carbons (Fsp3) is 0.235. The van der Waals surface area contributed by atoms with E-state index in [0.717, 1.165) is 33.1 Å². The Morgan fingerprint density at radius 2 is 1.35 bits per heavy atom. The minimum atomic E-state index is 0.0105. The number of hydrogen-bond donors (Lipinski definition) is 0. The Hall–Kier alpha value is -1.79. The van der Waals surface area contributed by atoms with Gasteiger partial charge in [-0.05, 0) is 49.9 Å². The van der Waals surface area contributed by atoms with Crippen LogP contribution < -0.4 is 5.30 Å². The average molecular weight is 284 g/mol. The van der Waals surface area contributed by atoms with Gasteiger partial charge in [0.25, 0.3) is 0 Å².